The van der Waals surface area contributed by atoms with Gasteiger partial charge in [-0.15, -0.1) is 11.3 Å². The minimum Gasteiger partial charge on any atom is -0.293 e. The van der Waals surface area contributed by atoms with Crippen molar-refractivity contribution in [3.8, 4) is 5.69 Å². The first kappa shape index (κ1) is 22.3. The van der Waals surface area contributed by atoms with Crippen molar-refractivity contribution in [1.82, 2.24) is 9.55 Å². The number of aryl methyl sites for hydroxylation is 1. The normalized spacial score (nSPS) is 15.4. The SMILES string of the molecule is CC1CCc2c(sc3nc(SCC(=O)c4ccc5ccccc5c4)n(-c4ccccc4)c(=O)c23)C1. The molecule has 3 aromatic carbocycles. The van der Waals surface area contributed by atoms with Gasteiger partial charge in [-0.2, -0.15) is 0 Å². The summed E-state index contributed by atoms with van der Waals surface area (Å²) < 4.78 is 1.69. The molecule has 0 N–H and O–H groups in total. The molecule has 2 aromatic heterocycles. The minimum atomic E-state index is -0.0334. The molecule has 0 fully saturated rings. The number of rotatable bonds is 5. The molecule has 0 bridgehead atoms. The van der Waals surface area contributed by atoms with E-state index < -0.39 is 0 Å². The summed E-state index contributed by atoms with van der Waals surface area (Å²) >= 11 is 2.98. The Bertz CT molecular complexity index is 1640. The van der Waals surface area contributed by atoms with Crippen LogP contribution in [0.1, 0.15) is 34.1 Å². The van der Waals surface area contributed by atoms with Crippen LogP contribution in [-0.4, -0.2) is 21.1 Å². The number of aromatic nitrogens is 2. The summed E-state index contributed by atoms with van der Waals surface area (Å²) in [5.74, 6) is 0.861. The van der Waals surface area contributed by atoms with Gasteiger partial charge >= 0.3 is 0 Å². The zero-order valence-corrected chi connectivity index (χ0v) is 21.0. The smallest absolute Gasteiger partial charge is 0.267 e. The molecule has 35 heavy (non-hydrogen) atoms. The Hall–Kier alpha value is -3.22. The summed E-state index contributed by atoms with van der Waals surface area (Å²) in [6, 6.07) is 23.4. The van der Waals surface area contributed by atoms with Crippen LogP contribution in [0, 0.1) is 5.92 Å². The van der Waals surface area contributed by atoms with Crippen molar-refractivity contribution in [2.24, 2.45) is 5.92 Å². The van der Waals surface area contributed by atoms with Gasteiger partial charge in [0.25, 0.3) is 5.56 Å². The molecule has 0 spiro atoms. The van der Waals surface area contributed by atoms with E-state index in [0.717, 1.165) is 45.9 Å². The number of Topliss-reactive ketones (excluding diaryl/α,β-unsaturated/α-hetero) is 1. The number of benzene rings is 3. The fraction of sp³-hybridized carbons (Fsp3) is 0.207. The average molecular weight is 497 g/mol. The second-order valence-corrected chi connectivity index (χ2v) is 11.2. The number of ketones is 1. The molecule has 1 aliphatic rings. The Kier molecular flexibility index (Phi) is 5.78. The van der Waals surface area contributed by atoms with Crippen LogP contribution in [0.25, 0.3) is 26.7 Å². The second kappa shape index (κ2) is 9.10. The average Bonchev–Trinajstić information content (AvgIpc) is 3.25. The lowest BCUT2D eigenvalue weighted by atomic mass is 9.89. The topological polar surface area (TPSA) is 52.0 Å². The highest BCUT2D eigenvalue weighted by Gasteiger charge is 2.25. The Morgan fingerprint density at radius 1 is 1.06 bits per heavy atom. The van der Waals surface area contributed by atoms with Gasteiger partial charge in [0.15, 0.2) is 10.9 Å². The highest BCUT2D eigenvalue weighted by molar-refractivity contribution is 7.99. The summed E-state index contributed by atoms with van der Waals surface area (Å²) in [4.78, 5) is 34.0. The van der Waals surface area contributed by atoms with Gasteiger partial charge in [0.05, 0.1) is 16.8 Å². The monoisotopic (exact) mass is 496 g/mol. The van der Waals surface area contributed by atoms with E-state index in [0.29, 0.717) is 16.6 Å². The third-order valence-electron chi connectivity index (χ3n) is 6.72. The van der Waals surface area contributed by atoms with Crippen LogP contribution in [-0.2, 0) is 12.8 Å². The fourth-order valence-corrected chi connectivity index (χ4v) is 7.18. The Balaban J connectivity index is 1.40. The Labute approximate surface area is 211 Å². The first-order valence-electron chi connectivity index (χ1n) is 11.9. The Morgan fingerprint density at radius 2 is 1.83 bits per heavy atom. The molecular weight excluding hydrogens is 472 g/mol. The van der Waals surface area contributed by atoms with Gasteiger partial charge < -0.3 is 0 Å². The summed E-state index contributed by atoms with van der Waals surface area (Å²) in [6.45, 7) is 2.27. The molecule has 1 atom stereocenters. The number of hydrogen-bond donors (Lipinski definition) is 0. The second-order valence-electron chi connectivity index (χ2n) is 9.18. The molecule has 6 heteroatoms. The molecule has 1 aliphatic carbocycles. The zero-order valence-electron chi connectivity index (χ0n) is 19.4. The molecule has 0 saturated heterocycles. The fourth-order valence-electron chi connectivity index (χ4n) is 4.85. The molecule has 6 rings (SSSR count). The molecule has 0 amide bonds. The quantitative estimate of drug-likeness (QED) is 0.154. The first-order chi connectivity index (χ1) is 17.1. The number of nitrogens with zero attached hydrogens (tertiary/aromatic N) is 2. The number of fused-ring (bicyclic) bond motifs is 4. The summed E-state index contributed by atoms with van der Waals surface area (Å²) in [7, 11) is 0. The van der Waals surface area contributed by atoms with E-state index in [2.05, 4.69) is 6.92 Å². The lowest BCUT2D eigenvalue weighted by Gasteiger charge is -2.17. The molecular formula is C29H24N2O2S2. The van der Waals surface area contributed by atoms with Crippen molar-refractivity contribution in [3.05, 3.63) is 99.2 Å². The predicted octanol–water partition coefficient (Wildman–Crippen LogP) is 6.70. The molecule has 0 aliphatic heterocycles. The molecule has 174 valence electrons. The summed E-state index contributed by atoms with van der Waals surface area (Å²) in [5, 5.41) is 3.47. The first-order valence-corrected chi connectivity index (χ1v) is 13.7. The highest BCUT2D eigenvalue weighted by atomic mass is 32.2. The van der Waals surface area contributed by atoms with E-state index in [1.54, 1.807) is 15.9 Å². The summed E-state index contributed by atoms with van der Waals surface area (Å²) in [5.41, 5.74) is 2.59. The van der Waals surface area contributed by atoms with Gasteiger partial charge in [-0.25, -0.2) is 4.98 Å². The van der Waals surface area contributed by atoms with Crippen LogP contribution < -0.4 is 5.56 Å². The number of hydrogen-bond acceptors (Lipinski definition) is 5. The Morgan fingerprint density at radius 3 is 2.66 bits per heavy atom. The lowest BCUT2D eigenvalue weighted by molar-refractivity contribution is 0.102. The number of para-hydroxylation sites is 1. The standard InChI is InChI=1S/C29H24N2O2S2/c1-18-11-14-23-25(15-18)35-27-26(23)28(33)31(22-9-3-2-4-10-22)29(30-27)34-17-24(32)21-13-12-19-7-5-6-8-20(19)16-21/h2-10,12-13,16,18H,11,14-15,17H2,1H3. The minimum absolute atomic E-state index is 0.0222. The lowest BCUT2D eigenvalue weighted by Crippen LogP contribution is -2.23. The van der Waals surface area contributed by atoms with E-state index in [1.807, 2.05) is 72.8 Å². The predicted molar refractivity (Wildman–Crippen MR) is 145 cm³/mol. The van der Waals surface area contributed by atoms with E-state index >= 15 is 0 Å². The van der Waals surface area contributed by atoms with E-state index in [9.17, 15) is 9.59 Å². The van der Waals surface area contributed by atoms with Crippen molar-refractivity contribution < 1.29 is 4.79 Å². The molecule has 1 unspecified atom stereocenters. The van der Waals surface area contributed by atoms with Crippen LogP contribution >= 0.6 is 23.1 Å². The maximum absolute atomic E-state index is 13.9. The highest BCUT2D eigenvalue weighted by Crippen LogP contribution is 2.37. The maximum Gasteiger partial charge on any atom is 0.267 e. The van der Waals surface area contributed by atoms with Crippen LogP contribution in [0.5, 0.6) is 0 Å². The maximum atomic E-state index is 13.9. The molecule has 0 saturated carbocycles. The molecule has 0 radical (unpaired) electrons. The van der Waals surface area contributed by atoms with E-state index in [4.69, 9.17) is 4.98 Å². The number of carbonyl (C=O) groups is 1. The number of carbonyl (C=O) groups excluding carboxylic acids is 1. The largest absolute Gasteiger partial charge is 0.293 e. The molecule has 4 nitrogen and oxygen atoms in total. The van der Waals surface area contributed by atoms with Gasteiger partial charge in [-0.1, -0.05) is 73.3 Å². The number of thioether (sulfide) groups is 1. The van der Waals surface area contributed by atoms with Crippen LogP contribution in [0.15, 0.2) is 82.7 Å². The zero-order chi connectivity index (χ0) is 23.9. The van der Waals surface area contributed by atoms with Gasteiger partial charge in [0.2, 0.25) is 0 Å². The number of thiophene rings is 1. The van der Waals surface area contributed by atoms with Crippen molar-refractivity contribution in [2.45, 2.75) is 31.3 Å². The third-order valence-corrected chi connectivity index (χ3v) is 8.80. The van der Waals surface area contributed by atoms with Gasteiger partial charge in [0, 0.05) is 10.4 Å². The van der Waals surface area contributed by atoms with Crippen LogP contribution in [0.2, 0.25) is 0 Å². The van der Waals surface area contributed by atoms with E-state index in [-0.39, 0.29) is 17.1 Å². The van der Waals surface area contributed by atoms with Crippen molar-refractivity contribution in [1.29, 1.82) is 0 Å². The van der Waals surface area contributed by atoms with Crippen LogP contribution in [0.3, 0.4) is 0 Å². The molecule has 2 heterocycles. The van der Waals surface area contributed by atoms with Gasteiger partial charge in [0.1, 0.15) is 4.83 Å². The van der Waals surface area contributed by atoms with Gasteiger partial charge in [-0.05, 0) is 59.7 Å². The van der Waals surface area contributed by atoms with E-state index in [1.165, 1.54) is 22.2 Å². The van der Waals surface area contributed by atoms with Crippen molar-refractivity contribution in [2.75, 3.05) is 5.75 Å². The van der Waals surface area contributed by atoms with Crippen LogP contribution in [0.4, 0.5) is 0 Å². The van der Waals surface area contributed by atoms with Crippen molar-refractivity contribution in [3.63, 3.8) is 0 Å². The van der Waals surface area contributed by atoms with Gasteiger partial charge in [-0.3, -0.25) is 14.2 Å². The third kappa shape index (κ3) is 4.11. The summed E-state index contributed by atoms with van der Waals surface area (Å²) in [6.07, 6.45) is 3.03. The van der Waals surface area contributed by atoms with Crippen molar-refractivity contribution >= 4 is 49.9 Å². The molecule has 5 aromatic rings.